The van der Waals surface area contributed by atoms with E-state index in [2.05, 4.69) is 10.0 Å². The monoisotopic (exact) mass is 379 g/mol. The van der Waals surface area contributed by atoms with Crippen LogP contribution < -0.4 is 0 Å². The van der Waals surface area contributed by atoms with Crippen molar-refractivity contribution < 1.29 is 14.3 Å². The number of nitrogens with zero attached hydrogens (tertiary/aromatic N) is 4. The van der Waals surface area contributed by atoms with Crippen LogP contribution in [0.4, 0.5) is 4.79 Å². The molecule has 0 bridgehead atoms. The highest BCUT2D eigenvalue weighted by molar-refractivity contribution is 5.67. The lowest BCUT2D eigenvalue weighted by Crippen LogP contribution is -2.40. The van der Waals surface area contributed by atoms with Crippen LogP contribution in [0.5, 0.6) is 0 Å². The Morgan fingerprint density at radius 2 is 1.79 bits per heavy atom. The first-order valence-electron chi connectivity index (χ1n) is 9.27. The van der Waals surface area contributed by atoms with Crippen molar-refractivity contribution in [3.05, 3.63) is 88.8 Å². The van der Waals surface area contributed by atoms with Crippen molar-refractivity contribution in [2.45, 2.75) is 38.1 Å². The minimum atomic E-state index is -0.381. The van der Waals surface area contributed by atoms with Gasteiger partial charge in [-0.2, -0.15) is 0 Å². The second-order valence-electron chi connectivity index (χ2n) is 6.65. The second-order valence-corrected chi connectivity index (χ2v) is 6.65. The average Bonchev–Trinajstić information content (AvgIpc) is 2.74. The maximum atomic E-state index is 12.7. The largest absolute Gasteiger partial charge is 0.445 e. The van der Waals surface area contributed by atoms with E-state index in [1.165, 1.54) is 0 Å². The van der Waals surface area contributed by atoms with Crippen molar-refractivity contribution in [1.29, 1.82) is 0 Å². The molecule has 2 aromatic rings. The summed E-state index contributed by atoms with van der Waals surface area (Å²) in [5, 5.41) is 3.66. The number of hydrogen-bond acceptors (Lipinski definition) is 4. The Morgan fingerprint density at radius 1 is 1.11 bits per heavy atom. The average molecular weight is 379 g/mol. The third-order valence-corrected chi connectivity index (χ3v) is 4.52. The minimum absolute atomic E-state index is 0.155. The van der Waals surface area contributed by atoms with Crippen LogP contribution in [0.2, 0.25) is 0 Å². The third kappa shape index (κ3) is 6.01. The number of azide groups is 1. The quantitative estimate of drug-likeness (QED) is 0.391. The van der Waals surface area contributed by atoms with Crippen LogP contribution in [0.15, 0.2) is 65.8 Å². The molecule has 0 aliphatic carbocycles. The summed E-state index contributed by atoms with van der Waals surface area (Å²) in [7, 11) is 0. The summed E-state index contributed by atoms with van der Waals surface area (Å²) in [6.07, 6.45) is 0.872. The highest BCUT2D eigenvalue weighted by Gasteiger charge is 2.26. The van der Waals surface area contributed by atoms with Gasteiger partial charge in [0, 0.05) is 11.5 Å². The molecule has 7 heteroatoms. The Labute approximate surface area is 164 Å². The minimum Gasteiger partial charge on any atom is -0.445 e. The molecule has 3 rings (SSSR count). The molecule has 7 nitrogen and oxygen atoms in total. The van der Waals surface area contributed by atoms with E-state index in [0.29, 0.717) is 25.9 Å². The van der Waals surface area contributed by atoms with Crippen LogP contribution in [-0.2, 0) is 22.6 Å². The number of carbonyl (C=O) groups excluding carboxylic acids is 1. The van der Waals surface area contributed by atoms with Crippen molar-refractivity contribution in [1.82, 2.24) is 4.90 Å². The van der Waals surface area contributed by atoms with E-state index in [4.69, 9.17) is 15.0 Å². The maximum Gasteiger partial charge on any atom is 0.410 e. The molecule has 2 atom stereocenters. The zero-order valence-corrected chi connectivity index (χ0v) is 15.6. The zero-order valence-electron chi connectivity index (χ0n) is 15.6. The summed E-state index contributed by atoms with van der Waals surface area (Å²) in [6.45, 7) is 2.63. The number of hydrogen-bond donors (Lipinski definition) is 0. The molecule has 2 aromatic carbocycles. The molecule has 1 saturated heterocycles. The summed E-state index contributed by atoms with van der Waals surface area (Å²) in [5.74, 6) is 0. The standard InChI is InChI=1S/C21H23N4O3/c22-24-23-19-11-12-20(27-16-19)14-25(13-17-7-3-1-4-8-17)21(26)28-15-18-9-5-2-6-10-18/h1-10,16,19-20H,11-15H2/t19-,20+/m1/s1. The lowest BCUT2D eigenvalue weighted by molar-refractivity contribution is 0.0189. The summed E-state index contributed by atoms with van der Waals surface area (Å²) in [4.78, 5) is 17.2. The van der Waals surface area contributed by atoms with E-state index in [-0.39, 0.29) is 24.8 Å². The van der Waals surface area contributed by atoms with E-state index >= 15 is 0 Å². The lowest BCUT2D eigenvalue weighted by atomic mass is 10.1. The molecule has 1 radical (unpaired) electrons. The fourth-order valence-electron chi connectivity index (χ4n) is 3.04. The Balaban J connectivity index is 1.61. The topological polar surface area (TPSA) is 87.5 Å². The molecule has 1 aliphatic rings. The van der Waals surface area contributed by atoms with E-state index in [1.54, 1.807) is 11.5 Å². The molecule has 0 N–H and O–H groups in total. The first-order chi connectivity index (χ1) is 13.7. The molecule has 1 heterocycles. The Bertz CT molecular complexity index is 786. The van der Waals surface area contributed by atoms with Gasteiger partial charge in [0.25, 0.3) is 0 Å². The van der Waals surface area contributed by atoms with Gasteiger partial charge in [-0.3, -0.25) is 0 Å². The van der Waals surface area contributed by atoms with E-state index in [0.717, 1.165) is 11.1 Å². The van der Waals surface area contributed by atoms with Crippen LogP contribution in [0, 0.1) is 6.61 Å². The lowest BCUT2D eigenvalue weighted by Gasteiger charge is -2.31. The van der Waals surface area contributed by atoms with Gasteiger partial charge in [0.1, 0.15) is 6.61 Å². The Morgan fingerprint density at radius 3 is 2.39 bits per heavy atom. The van der Waals surface area contributed by atoms with Crippen LogP contribution in [-0.4, -0.2) is 29.7 Å². The van der Waals surface area contributed by atoms with Gasteiger partial charge in [-0.05, 0) is 29.5 Å². The van der Waals surface area contributed by atoms with Crippen molar-refractivity contribution >= 4 is 6.09 Å². The fourth-order valence-corrected chi connectivity index (χ4v) is 3.04. The molecule has 0 aromatic heterocycles. The van der Waals surface area contributed by atoms with Crippen molar-refractivity contribution in [3.8, 4) is 0 Å². The zero-order chi connectivity index (χ0) is 19.6. The number of rotatable bonds is 7. The molecule has 0 unspecified atom stereocenters. The predicted molar refractivity (Wildman–Crippen MR) is 105 cm³/mol. The molecule has 0 spiro atoms. The molecule has 0 saturated carbocycles. The maximum absolute atomic E-state index is 12.7. The van der Waals surface area contributed by atoms with Gasteiger partial charge < -0.3 is 14.4 Å². The molecule has 1 aliphatic heterocycles. The SMILES string of the molecule is [N-]=[N+]=N[C@H]1[CH]O[C@H](CN(Cc2ccccc2)C(=O)OCc2ccccc2)CC1. The van der Waals surface area contributed by atoms with E-state index < -0.39 is 0 Å². The highest BCUT2D eigenvalue weighted by Crippen LogP contribution is 2.21. The second kappa shape index (κ2) is 10.3. The van der Waals surface area contributed by atoms with Crippen LogP contribution in [0.1, 0.15) is 24.0 Å². The third-order valence-electron chi connectivity index (χ3n) is 4.52. The van der Waals surface area contributed by atoms with Crippen molar-refractivity contribution in [2.75, 3.05) is 6.54 Å². The van der Waals surface area contributed by atoms with Gasteiger partial charge in [-0.1, -0.05) is 65.8 Å². The van der Waals surface area contributed by atoms with Crippen molar-refractivity contribution in [3.63, 3.8) is 0 Å². The highest BCUT2D eigenvalue weighted by atomic mass is 16.6. The molecule has 145 valence electrons. The molecule has 28 heavy (non-hydrogen) atoms. The molecule has 1 amide bonds. The number of benzene rings is 2. The summed E-state index contributed by atoms with van der Waals surface area (Å²) in [6, 6.07) is 19.1. The van der Waals surface area contributed by atoms with Crippen LogP contribution in [0.25, 0.3) is 10.4 Å². The Hall–Kier alpha value is -3.02. The van der Waals surface area contributed by atoms with Gasteiger partial charge in [-0.25, -0.2) is 4.79 Å². The summed E-state index contributed by atoms with van der Waals surface area (Å²) < 4.78 is 11.2. The molecular weight excluding hydrogens is 356 g/mol. The van der Waals surface area contributed by atoms with Crippen LogP contribution in [0.3, 0.4) is 0 Å². The normalized spacial score (nSPS) is 18.7. The van der Waals surface area contributed by atoms with Gasteiger partial charge in [-0.15, -0.1) is 0 Å². The number of ether oxygens (including phenoxy) is 2. The van der Waals surface area contributed by atoms with Gasteiger partial charge in [0.2, 0.25) is 0 Å². The van der Waals surface area contributed by atoms with Gasteiger partial charge in [0.05, 0.1) is 25.3 Å². The predicted octanol–water partition coefficient (Wildman–Crippen LogP) is 4.85. The van der Waals surface area contributed by atoms with Crippen molar-refractivity contribution in [2.24, 2.45) is 5.11 Å². The van der Waals surface area contributed by atoms with E-state index in [1.807, 2.05) is 60.7 Å². The molecule has 1 fully saturated rings. The Kier molecular flexibility index (Phi) is 7.29. The smallest absolute Gasteiger partial charge is 0.410 e. The van der Waals surface area contributed by atoms with Gasteiger partial charge in [0.15, 0.2) is 0 Å². The first kappa shape index (κ1) is 19.7. The van der Waals surface area contributed by atoms with E-state index in [9.17, 15) is 4.79 Å². The van der Waals surface area contributed by atoms with Crippen LogP contribution >= 0.6 is 0 Å². The summed E-state index contributed by atoms with van der Waals surface area (Å²) >= 11 is 0. The molecular formula is C21H23N4O3. The number of amides is 1. The summed E-state index contributed by atoms with van der Waals surface area (Å²) in [5.41, 5.74) is 10.5. The fraction of sp³-hybridized carbons (Fsp3) is 0.333. The number of carbonyl (C=O) groups is 1. The van der Waals surface area contributed by atoms with Gasteiger partial charge >= 0.3 is 6.09 Å². The first-order valence-corrected chi connectivity index (χ1v) is 9.27.